The van der Waals surface area contributed by atoms with Gasteiger partial charge in [0.05, 0.1) is 21.8 Å². The first-order chi connectivity index (χ1) is 8.45. The van der Waals surface area contributed by atoms with Gasteiger partial charge >= 0.3 is 5.00 Å². The summed E-state index contributed by atoms with van der Waals surface area (Å²) < 4.78 is 4.87. The maximum absolute atomic E-state index is 11.9. The van der Waals surface area contributed by atoms with Gasteiger partial charge in [0.1, 0.15) is 0 Å². The highest BCUT2D eigenvalue weighted by atomic mass is 35.5. The summed E-state index contributed by atoms with van der Waals surface area (Å²) in [5.41, 5.74) is 0. The van der Waals surface area contributed by atoms with Crippen molar-refractivity contribution in [3.05, 3.63) is 27.1 Å². The summed E-state index contributed by atoms with van der Waals surface area (Å²) in [7, 11) is 3.12. The van der Waals surface area contributed by atoms with E-state index in [9.17, 15) is 14.9 Å². The molecule has 6 nitrogen and oxygen atoms in total. The van der Waals surface area contributed by atoms with E-state index < -0.39 is 4.92 Å². The first-order valence-corrected chi connectivity index (χ1v) is 6.33. The Balaban J connectivity index is 2.65. The molecule has 0 spiro atoms. The monoisotopic (exact) mass is 292 g/mol. The lowest BCUT2D eigenvalue weighted by Gasteiger charge is -2.19. The topological polar surface area (TPSA) is 72.7 Å². The van der Waals surface area contributed by atoms with Gasteiger partial charge < -0.3 is 9.64 Å². The van der Waals surface area contributed by atoms with Crippen LogP contribution >= 0.6 is 22.9 Å². The minimum atomic E-state index is -0.517. The SMILES string of the molecule is COCC(Cl)CN(C)C(=O)c1ccc([N+](=O)[O-])s1. The molecule has 18 heavy (non-hydrogen) atoms. The third kappa shape index (κ3) is 3.94. The predicted octanol–water partition coefficient (Wildman–Crippen LogP) is 1.98. The molecule has 0 aromatic carbocycles. The average Bonchev–Trinajstić information content (AvgIpc) is 2.77. The largest absolute Gasteiger partial charge is 0.383 e. The van der Waals surface area contributed by atoms with Crippen molar-refractivity contribution < 1.29 is 14.5 Å². The third-order valence-electron chi connectivity index (χ3n) is 2.15. The van der Waals surface area contributed by atoms with Crippen LogP contribution in [0.3, 0.4) is 0 Å². The van der Waals surface area contributed by atoms with Gasteiger partial charge in [-0.15, -0.1) is 11.6 Å². The number of hydrogen-bond donors (Lipinski definition) is 0. The van der Waals surface area contributed by atoms with Crippen LogP contribution in [0.25, 0.3) is 0 Å². The van der Waals surface area contributed by atoms with Crippen LogP contribution < -0.4 is 0 Å². The summed E-state index contributed by atoms with van der Waals surface area (Å²) in [5, 5.41) is 10.2. The van der Waals surface area contributed by atoms with Crippen molar-refractivity contribution in [1.29, 1.82) is 0 Å². The van der Waals surface area contributed by atoms with E-state index in [1.165, 1.54) is 24.1 Å². The van der Waals surface area contributed by atoms with Gasteiger partial charge in [0, 0.05) is 26.8 Å². The molecule has 0 saturated carbocycles. The Morgan fingerprint density at radius 2 is 2.33 bits per heavy atom. The first-order valence-electron chi connectivity index (χ1n) is 5.08. The number of carbonyl (C=O) groups is 1. The number of thiophene rings is 1. The maximum Gasteiger partial charge on any atom is 0.324 e. The lowest BCUT2D eigenvalue weighted by atomic mass is 10.3. The summed E-state index contributed by atoms with van der Waals surface area (Å²) in [6.45, 7) is 0.656. The van der Waals surface area contributed by atoms with Gasteiger partial charge in [0.25, 0.3) is 5.91 Å². The van der Waals surface area contributed by atoms with Gasteiger partial charge in [-0.3, -0.25) is 14.9 Å². The van der Waals surface area contributed by atoms with Crippen LogP contribution in [0.5, 0.6) is 0 Å². The Labute approximate surface area is 113 Å². The zero-order valence-electron chi connectivity index (χ0n) is 9.96. The molecule has 0 radical (unpaired) electrons. The molecule has 1 aromatic rings. The number of methoxy groups -OCH3 is 1. The highest BCUT2D eigenvalue weighted by molar-refractivity contribution is 7.17. The highest BCUT2D eigenvalue weighted by Crippen LogP contribution is 2.24. The van der Waals surface area contributed by atoms with E-state index in [1.54, 1.807) is 7.05 Å². The number of amides is 1. The molecule has 8 heteroatoms. The molecule has 0 bridgehead atoms. The molecule has 0 aliphatic heterocycles. The standard InChI is InChI=1S/C10H13ClN2O4S/c1-12(5-7(11)6-17-2)10(14)8-3-4-9(18-8)13(15)16/h3-4,7H,5-6H2,1-2H3. The normalized spacial score (nSPS) is 12.2. The Kier molecular flexibility index (Phi) is 5.52. The first kappa shape index (κ1) is 14.9. The second kappa shape index (κ2) is 6.67. The van der Waals surface area contributed by atoms with E-state index in [2.05, 4.69) is 0 Å². The predicted molar refractivity (Wildman–Crippen MR) is 69.5 cm³/mol. The number of halogens is 1. The summed E-state index contributed by atoms with van der Waals surface area (Å²) >= 11 is 6.79. The van der Waals surface area contributed by atoms with Crippen LogP contribution in [0.4, 0.5) is 5.00 Å². The Morgan fingerprint density at radius 1 is 1.67 bits per heavy atom. The van der Waals surface area contributed by atoms with Gasteiger partial charge in [-0.25, -0.2) is 0 Å². The van der Waals surface area contributed by atoms with Crippen LogP contribution in [0.15, 0.2) is 12.1 Å². The molecule has 1 rings (SSSR count). The Hall–Kier alpha value is -1.18. The zero-order valence-corrected chi connectivity index (χ0v) is 11.5. The van der Waals surface area contributed by atoms with E-state index >= 15 is 0 Å². The zero-order chi connectivity index (χ0) is 13.7. The van der Waals surface area contributed by atoms with E-state index in [4.69, 9.17) is 16.3 Å². The molecule has 1 aromatic heterocycles. The van der Waals surface area contributed by atoms with Crippen LogP contribution in [0, 0.1) is 10.1 Å². The number of hydrogen-bond acceptors (Lipinski definition) is 5. The summed E-state index contributed by atoms with van der Waals surface area (Å²) in [6.07, 6.45) is 0. The second-order valence-electron chi connectivity index (χ2n) is 3.63. The maximum atomic E-state index is 11.9. The molecule has 100 valence electrons. The van der Waals surface area contributed by atoms with Crippen molar-refractivity contribution in [2.24, 2.45) is 0 Å². The highest BCUT2D eigenvalue weighted by Gasteiger charge is 2.20. The molecular formula is C10H13ClN2O4S. The fraction of sp³-hybridized carbons (Fsp3) is 0.500. The van der Waals surface area contributed by atoms with E-state index in [0.29, 0.717) is 18.0 Å². The summed E-state index contributed by atoms with van der Waals surface area (Å²) in [4.78, 5) is 23.7. The minimum absolute atomic E-state index is 0.0499. The van der Waals surface area contributed by atoms with Gasteiger partial charge in [0.2, 0.25) is 0 Å². The summed E-state index contributed by atoms with van der Waals surface area (Å²) in [5.74, 6) is -0.283. The smallest absolute Gasteiger partial charge is 0.324 e. The molecule has 1 unspecified atom stereocenters. The fourth-order valence-electron chi connectivity index (χ4n) is 1.34. The lowest BCUT2D eigenvalue weighted by Crippen LogP contribution is -2.33. The van der Waals surface area contributed by atoms with Gasteiger partial charge in [-0.1, -0.05) is 11.3 Å². The van der Waals surface area contributed by atoms with Crippen molar-refractivity contribution in [2.75, 3.05) is 27.3 Å². The van der Waals surface area contributed by atoms with Crippen LogP contribution in [-0.2, 0) is 4.74 Å². The molecule has 1 amide bonds. The quantitative estimate of drug-likeness (QED) is 0.456. The number of nitrogens with zero attached hydrogens (tertiary/aromatic N) is 2. The second-order valence-corrected chi connectivity index (χ2v) is 5.31. The van der Waals surface area contributed by atoms with E-state index in [0.717, 1.165) is 11.3 Å². The number of rotatable bonds is 6. The molecule has 0 fully saturated rings. The molecule has 1 atom stereocenters. The van der Waals surface area contributed by atoms with Crippen molar-refractivity contribution in [3.63, 3.8) is 0 Å². The molecular weight excluding hydrogens is 280 g/mol. The molecule has 1 heterocycles. The molecule has 0 N–H and O–H groups in total. The molecule has 0 saturated heterocycles. The van der Waals surface area contributed by atoms with Crippen LogP contribution in [-0.4, -0.2) is 48.4 Å². The number of alkyl halides is 1. The summed E-state index contributed by atoms with van der Waals surface area (Å²) in [6, 6.07) is 2.76. The lowest BCUT2D eigenvalue weighted by molar-refractivity contribution is -0.380. The number of ether oxygens (including phenoxy) is 1. The van der Waals surface area contributed by atoms with Gasteiger partial charge in [-0.2, -0.15) is 0 Å². The van der Waals surface area contributed by atoms with Crippen LogP contribution in [0.2, 0.25) is 0 Å². The third-order valence-corrected chi connectivity index (χ3v) is 3.44. The van der Waals surface area contributed by atoms with Gasteiger partial charge in [0.15, 0.2) is 0 Å². The van der Waals surface area contributed by atoms with Crippen molar-refractivity contribution >= 4 is 33.8 Å². The average molecular weight is 293 g/mol. The van der Waals surface area contributed by atoms with E-state index in [-0.39, 0.29) is 16.3 Å². The van der Waals surface area contributed by atoms with Crippen molar-refractivity contribution in [2.45, 2.75) is 5.38 Å². The van der Waals surface area contributed by atoms with Crippen LogP contribution in [0.1, 0.15) is 9.67 Å². The van der Waals surface area contributed by atoms with E-state index in [1.807, 2.05) is 0 Å². The Bertz CT molecular complexity index is 437. The van der Waals surface area contributed by atoms with Gasteiger partial charge in [-0.05, 0) is 6.07 Å². The number of carbonyl (C=O) groups excluding carboxylic acids is 1. The Morgan fingerprint density at radius 3 is 2.83 bits per heavy atom. The van der Waals surface area contributed by atoms with Crippen molar-refractivity contribution in [1.82, 2.24) is 4.90 Å². The fourth-order valence-corrected chi connectivity index (χ4v) is 2.49. The van der Waals surface area contributed by atoms with Crippen molar-refractivity contribution in [3.8, 4) is 0 Å². The number of nitro groups is 1. The minimum Gasteiger partial charge on any atom is -0.383 e. The molecule has 0 aliphatic rings. The molecule has 0 aliphatic carbocycles.